The zero-order valence-electron chi connectivity index (χ0n) is 17.2. The summed E-state index contributed by atoms with van der Waals surface area (Å²) in [5.41, 5.74) is 3.33. The van der Waals surface area contributed by atoms with Gasteiger partial charge in [-0.2, -0.15) is 0 Å². The summed E-state index contributed by atoms with van der Waals surface area (Å²) in [6, 6.07) is 16.0. The lowest BCUT2D eigenvalue weighted by molar-refractivity contribution is -0.124. The number of imide groups is 1. The number of thioether (sulfide) groups is 1. The van der Waals surface area contributed by atoms with E-state index in [4.69, 9.17) is 4.74 Å². The minimum atomic E-state index is -0.221. The molecule has 7 heteroatoms. The first-order valence-corrected chi connectivity index (χ1v) is 10.8. The molecule has 0 aromatic heterocycles. The van der Waals surface area contributed by atoms with Crippen LogP contribution in [0.2, 0.25) is 0 Å². The Morgan fingerprint density at radius 1 is 0.967 bits per heavy atom. The lowest BCUT2D eigenvalue weighted by Gasteiger charge is -2.37. The minimum Gasteiger partial charge on any atom is -0.497 e. The number of ether oxygens (including phenoxy) is 1. The van der Waals surface area contributed by atoms with Crippen molar-refractivity contribution in [2.24, 2.45) is 0 Å². The van der Waals surface area contributed by atoms with Crippen molar-refractivity contribution in [3.63, 3.8) is 0 Å². The second kappa shape index (κ2) is 8.93. The Morgan fingerprint density at radius 3 is 2.27 bits per heavy atom. The van der Waals surface area contributed by atoms with Gasteiger partial charge in [0, 0.05) is 31.9 Å². The van der Waals surface area contributed by atoms with E-state index < -0.39 is 0 Å². The molecule has 0 bridgehead atoms. The Bertz CT molecular complexity index is 949. The fourth-order valence-corrected chi connectivity index (χ4v) is 4.41. The standard InChI is InChI=1S/C23H25N3O3S/c1-17-3-7-19(8-4-17)25-13-11-24(12-14-25)16-26-22(27)21(30-23(26)28)15-18-5-9-20(29-2)10-6-18/h3-10,15H,11-14,16H2,1-2H3. The van der Waals surface area contributed by atoms with Crippen LogP contribution in [0.25, 0.3) is 6.08 Å². The minimum absolute atomic E-state index is 0.208. The summed E-state index contributed by atoms with van der Waals surface area (Å²) in [4.78, 5) is 31.6. The van der Waals surface area contributed by atoms with E-state index in [1.807, 2.05) is 24.3 Å². The van der Waals surface area contributed by atoms with E-state index in [2.05, 4.69) is 41.0 Å². The van der Waals surface area contributed by atoms with Crippen molar-refractivity contribution in [2.75, 3.05) is 44.9 Å². The highest BCUT2D eigenvalue weighted by atomic mass is 32.2. The summed E-state index contributed by atoms with van der Waals surface area (Å²) in [5.74, 6) is 0.534. The first kappa shape index (κ1) is 20.5. The van der Waals surface area contributed by atoms with E-state index in [9.17, 15) is 9.59 Å². The number of rotatable bonds is 5. The molecule has 2 amide bonds. The number of carbonyl (C=O) groups excluding carboxylic acids is 2. The molecule has 2 aromatic rings. The smallest absolute Gasteiger partial charge is 0.294 e. The van der Waals surface area contributed by atoms with Crippen LogP contribution in [0.4, 0.5) is 10.5 Å². The van der Waals surface area contributed by atoms with E-state index >= 15 is 0 Å². The van der Waals surface area contributed by atoms with Gasteiger partial charge in [-0.15, -0.1) is 0 Å². The summed E-state index contributed by atoms with van der Waals surface area (Å²) >= 11 is 1.00. The molecular weight excluding hydrogens is 398 g/mol. The highest BCUT2D eigenvalue weighted by Gasteiger charge is 2.36. The van der Waals surface area contributed by atoms with Crippen LogP contribution in [-0.2, 0) is 4.79 Å². The molecule has 0 radical (unpaired) electrons. The van der Waals surface area contributed by atoms with Crippen molar-refractivity contribution in [2.45, 2.75) is 6.92 Å². The van der Waals surface area contributed by atoms with Gasteiger partial charge in [0.25, 0.3) is 11.1 Å². The van der Waals surface area contributed by atoms with Crippen LogP contribution in [0.5, 0.6) is 5.75 Å². The van der Waals surface area contributed by atoms with Gasteiger partial charge in [0.1, 0.15) is 5.75 Å². The number of nitrogens with zero attached hydrogens (tertiary/aromatic N) is 3. The second-order valence-corrected chi connectivity index (χ2v) is 8.46. The lowest BCUT2D eigenvalue weighted by Crippen LogP contribution is -2.50. The third-order valence-electron chi connectivity index (χ3n) is 5.40. The van der Waals surface area contributed by atoms with Crippen molar-refractivity contribution >= 4 is 34.7 Å². The summed E-state index contributed by atoms with van der Waals surface area (Å²) in [7, 11) is 1.61. The largest absolute Gasteiger partial charge is 0.497 e. The average Bonchev–Trinajstić information content (AvgIpc) is 3.03. The molecule has 2 saturated heterocycles. The number of carbonyl (C=O) groups is 2. The number of hydrogen-bond acceptors (Lipinski definition) is 6. The second-order valence-electron chi connectivity index (χ2n) is 7.46. The number of methoxy groups -OCH3 is 1. The Kier molecular flexibility index (Phi) is 6.11. The Labute approximate surface area is 181 Å². The number of piperazine rings is 1. The van der Waals surface area contributed by atoms with Crippen LogP contribution in [0.3, 0.4) is 0 Å². The maximum Gasteiger partial charge on any atom is 0.294 e. The number of hydrogen-bond donors (Lipinski definition) is 0. The number of amides is 2. The molecule has 6 nitrogen and oxygen atoms in total. The molecule has 2 fully saturated rings. The predicted molar refractivity (Wildman–Crippen MR) is 121 cm³/mol. The van der Waals surface area contributed by atoms with E-state index in [1.54, 1.807) is 13.2 Å². The molecule has 0 aliphatic carbocycles. The molecule has 4 rings (SSSR count). The van der Waals surface area contributed by atoms with Crippen LogP contribution in [-0.4, -0.2) is 60.9 Å². The van der Waals surface area contributed by atoms with Gasteiger partial charge in [0.2, 0.25) is 0 Å². The first-order valence-electron chi connectivity index (χ1n) is 9.97. The average molecular weight is 424 g/mol. The monoisotopic (exact) mass is 423 g/mol. The van der Waals surface area contributed by atoms with Crippen LogP contribution >= 0.6 is 11.8 Å². The van der Waals surface area contributed by atoms with E-state index in [0.717, 1.165) is 49.3 Å². The van der Waals surface area contributed by atoms with Gasteiger partial charge in [-0.1, -0.05) is 29.8 Å². The molecule has 0 spiro atoms. The summed E-state index contributed by atoms with van der Waals surface area (Å²) in [6.45, 7) is 5.80. The van der Waals surface area contributed by atoms with Gasteiger partial charge < -0.3 is 9.64 Å². The lowest BCUT2D eigenvalue weighted by atomic mass is 10.2. The topological polar surface area (TPSA) is 53.1 Å². The molecule has 30 heavy (non-hydrogen) atoms. The van der Waals surface area contributed by atoms with Crippen LogP contribution in [0.1, 0.15) is 11.1 Å². The van der Waals surface area contributed by atoms with Crippen molar-refractivity contribution in [1.82, 2.24) is 9.80 Å². The van der Waals surface area contributed by atoms with Gasteiger partial charge in [-0.25, -0.2) is 0 Å². The van der Waals surface area contributed by atoms with Gasteiger partial charge in [0.15, 0.2) is 0 Å². The predicted octanol–water partition coefficient (Wildman–Crippen LogP) is 3.82. The Balaban J connectivity index is 1.35. The zero-order valence-corrected chi connectivity index (χ0v) is 18.0. The highest BCUT2D eigenvalue weighted by molar-refractivity contribution is 8.18. The summed E-state index contributed by atoms with van der Waals surface area (Å²) in [6.07, 6.45) is 1.76. The molecule has 0 unspecified atom stereocenters. The van der Waals surface area contributed by atoms with Crippen LogP contribution in [0.15, 0.2) is 53.4 Å². The van der Waals surface area contributed by atoms with Crippen LogP contribution < -0.4 is 9.64 Å². The third kappa shape index (κ3) is 4.52. The maximum atomic E-state index is 12.8. The van der Waals surface area contributed by atoms with Crippen molar-refractivity contribution in [1.29, 1.82) is 0 Å². The fourth-order valence-electron chi connectivity index (χ4n) is 3.58. The molecule has 2 heterocycles. The first-order chi connectivity index (χ1) is 14.5. The molecule has 2 aliphatic rings. The summed E-state index contributed by atoms with van der Waals surface area (Å²) < 4.78 is 5.16. The molecule has 2 aliphatic heterocycles. The molecular formula is C23H25N3O3S. The van der Waals surface area contributed by atoms with Crippen molar-refractivity contribution in [3.05, 3.63) is 64.6 Å². The van der Waals surface area contributed by atoms with Gasteiger partial charge in [0.05, 0.1) is 18.7 Å². The molecule has 0 saturated carbocycles. The third-order valence-corrected chi connectivity index (χ3v) is 6.31. The molecule has 2 aromatic carbocycles. The SMILES string of the molecule is COc1ccc(C=C2SC(=O)N(CN3CCN(c4ccc(C)cc4)CC3)C2=O)cc1. The van der Waals surface area contributed by atoms with E-state index in [0.29, 0.717) is 11.6 Å². The summed E-state index contributed by atoms with van der Waals surface area (Å²) in [5, 5.41) is -0.208. The van der Waals surface area contributed by atoms with E-state index in [-0.39, 0.29) is 11.1 Å². The molecule has 156 valence electrons. The maximum absolute atomic E-state index is 12.8. The van der Waals surface area contributed by atoms with Gasteiger partial charge in [-0.3, -0.25) is 19.4 Å². The van der Waals surface area contributed by atoms with Gasteiger partial charge in [-0.05, 0) is 54.6 Å². The molecule has 0 atom stereocenters. The normalized spacial score (nSPS) is 19.1. The Morgan fingerprint density at radius 2 is 1.63 bits per heavy atom. The zero-order chi connectivity index (χ0) is 21.1. The van der Waals surface area contributed by atoms with Crippen molar-refractivity contribution < 1.29 is 14.3 Å². The quantitative estimate of drug-likeness (QED) is 0.682. The van der Waals surface area contributed by atoms with E-state index in [1.165, 1.54) is 16.2 Å². The number of aryl methyl sites for hydroxylation is 1. The fraction of sp³-hybridized carbons (Fsp3) is 0.304. The molecule has 0 N–H and O–H groups in total. The Hall–Kier alpha value is -2.77. The number of benzene rings is 2. The van der Waals surface area contributed by atoms with Crippen molar-refractivity contribution in [3.8, 4) is 5.75 Å². The number of anilines is 1. The van der Waals surface area contributed by atoms with Crippen LogP contribution in [0, 0.1) is 6.92 Å². The van der Waals surface area contributed by atoms with Gasteiger partial charge >= 0.3 is 0 Å². The highest BCUT2D eigenvalue weighted by Crippen LogP contribution is 2.32.